The molecule has 1 rings (SSSR count). The van der Waals surface area contributed by atoms with Crippen LogP contribution < -0.4 is 0 Å². The van der Waals surface area contributed by atoms with Gasteiger partial charge >= 0.3 is 0 Å². The topological polar surface area (TPSA) is 3.24 Å². The van der Waals surface area contributed by atoms with E-state index in [2.05, 4.69) is 32.3 Å². The van der Waals surface area contributed by atoms with Gasteiger partial charge in [-0.25, -0.2) is 0 Å². The highest BCUT2D eigenvalue weighted by atomic mass is 15.2. The molecule has 0 aromatic rings. The molecule has 0 aromatic carbocycles. The van der Waals surface area contributed by atoms with E-state index in [-0.39, 0.29) is 0 Å². The van der Waals surface area contributed by atoms with Crippen LogP contribution in [0.15, 0.2) is 12.2 Å². The molecule has 0 aromatic heterocycles. The number of hydrogen-bond acceptors (Lipinski definition) is 1. The number of nitrogens with zero attached hydrogens (tertiary/aromatic N) is 1. The zero-order valence-electron chi connectivity index (χ0n) is 9.34. The Bertz CT molecular complexity index is 164. The van der Waals surface area contributed by atoms with Crippen LogP contribution in [-0.4, -0.2) is 23.5 Å². The first kappa shape index (κ1) is 10.8. The Kier molecular flexibility index (Phi) is 3.98. The van der Waals surface area contributed by atoms with Crippen molar-refractivity contribution in [1.29, 1.82) is 0 Å². The van der Waals surface area contributed by atoms with E-state index in [9.17, 15) is 0 Å². The second-order valence-corrected chi connectivity index (χ2v) is 4.57. The summed E-state index contributed by atoms with van der Waals surface area (Å²) in [6.07, 6.45) is 5.32. The quantitative estimate of drug-likeness (QED) is 0.604. The van der Waals surface area contributed by atoms with E-state index >= 15 is 0 Å². The van der Waals surface area contributed by atoms with Crippen LogP contribution in [0.4, 0.5) is 0 Å². The summed E-state index contributed by atoms with van der Waals surface area (Å²) in [6, 6.07) is 1.56. The summed E-state index contributed by atoms with van der Waals surface area (Å²) in [7, 11) is 0. The Balaban J connectivity index is 2.39. The molecule has 0 saturated carbocycles. The van der Waals surface area contributed by atoms with Crippen molar-refractivity contribution in [3.8, 4) is 0 Å². The third kappa shape index (κ3) is 3.15. The largest absolute Gasteiger partial charge is 0.298 e. The normalized spacial score (nSPS) is 30.4. The minimum absolute atomic E-state index is 0.781. The minimum Gasteiger partial charge on any atom is -0.298 e. The van der Waals surface area contributed by atoms with Crippen LogP contribution in [0, 0.1) is 0 Å². The molecule has 0 amide bonds. The van der Waals surface area contributed by atoms with Crippen molar-refractivity contribution >= 4 is 0 Å². The highest BCUT2D eigenvalue weighted by Crippen LogP contribution is 2.22. The van der Waals surface area contributed by atoms with Crippen LogP contribution in [0.25, 0.3) is 0 Å². The van der Waals surface area contributed by atoms with Crippen LogP contribution in [0.3, 0.4) is 0 Å². The summed E-state index contributed by atoms with van der Waals surface area (Å²) in [5.74, 6) is 0. The van der Waals surface area contributed by atoms with Crippen LogP contribution in [-0.2, 0) is 0 Å². The van der Waals surface area contributed by atoms with E-state index in [1.165, 1.54) is 31.4 Å². The van der Waals surface area contributed by atoms with Crippen molar-refractivity contribution < 1.29 is 0 Å². The minimum atomic E-state index is 0.781. The molecule has 1 fully saturated rings. The average molecular weight is 181 g/mol. The van der Waals surface area contributed by atoms with Gasteiger partial charge in [0.15, 0.2) is 0 Å². The van der Waals surface area contributed by atoms with Gasteiger partial charge in [-0.1, -0.05) is 12.0 Å². The summed E-state index contributed by atoms with van der Waals surface area (Å²) in [6.45, 7) is 12.0. The first-order chi connectivity index (χ1) is 6.11. The van der Waals surface area contributed by atoms with E-state index in [0.717, 1.165) is 18.5 Å². The van der Waals surface area contributed by atoms with Gasteiger partial charge in [0.05, 0.1) is 0 Å². The fraction of sp³-hybridized carbons (Fsp3) is 0.833. The maximum Gasteiger partial charge on any atom is 0.00698 e. The van der Waals surface area contributed by atoms with E-state index < -0.39 is 0 Å². The van der Waals surface area contributed by atoms with E-state index in [1.807, 2.05) is 0 Å². The first-order valence-corrected chi connectivity index (χ1v) is 5.51. The van der Waals surface area contributed by atoms with Gasteiger partial charge in [-0.05, 0) is 40.0 Å². The second-order valence-electron chi connectivity index (χ2n) is 4.57. The van der Waals surface area contributed by atoms with Crippen LogP contribution in [0.1, 0.15) is 46.5 Å². The molecular weight excluding hydrogens is 158 g/mol. The molecule has 0 aliphatic carbocycles. The molecule has 1 aliphatic rings. The Morgan fingerprint density at radius 3 is 2.31 bits per heavy atom. The van der Waals surface area contributed by atoms with Gasteiger partial charge in [0.2, 0.25) is 0 Å². The number of hydrogen-bond donors (Lipinski definition) is 0. The molecule has 2 atom stereocenters. The van der Waals surface area contributed by atoms with E-state index in [1.54, 1.807) is 0 Å². The maximum absolute atomic E-state index is 3.96. The molecule has 13 heavy (non-hydrogen) atoms. The highest BCUT2D eigenvalue weighted by molar-refractivity contribution is 4.90. The van der Waals surface area contributed by atoms with Crippen LogP contribution in [0.5, 0.6) is 0 Å². The van der Waals surface area contributed by atoms with Crippen LogP contribution >= 0.6 is 0 Å². The molecular formula is C12H23N. The number of rotatable bonds is 3. The Hall–Kier alpha value is -0.300. The lowest BCUT2D eigenvalue weighted by molar-refractivity contribution is 0.105. The summed E-state index contributed by atoms with van der Waals surface area (Å²) in [5.41, 5.74) is 1.31. The lowest BCUT2D eigenvalue weighted by Crippen LogP contribution is -2.44. The second kappa shape index (κ2) is 4.80. The molecule has 0 N–H and O–H groups in total. The van der Waals surface area contributed by atoms with Gasteiger partial charge in [-0.3, -0.25) is 4.90 Å². The molecule has 0 bridgehead atoms. The number of likely N-dealkylation sites (tertiary alicyclic amines) is 1. The van der Waals surface area contributed by atoms with Crippen molar-refractivity contribution in [3.05, 3.63) is 12.2 Å². The molecule has 1 nitrogen and oxygen atoms in total. The fourth-order valence-corrected chi connectivity index (χ4v) is 2.24. The van der Waals surface area contributed by atoms with E-state index in [0.29, 0.717) is 0 Å². The molecule has 1 saturated heterocycles. The van der Waals surface area contributed by atoms with Crippen molar-refractivity contribution in [2.75, 3.05) is 6.54 Å². The lowest BCUT2D eigenvalue weighted by atomic mass is 9.97. The monoisotopic (exact) mass is 181 g/mol. The molecule has 76 valence electrons. The average Bonchev–Trinajstić information content (AvgIpc) is 2.03. The Labute approximate surface area is 82.8 Å². The molecule has 1 heterocycles. The molecule has 0 unspecified atom stereocenters. The predicted molar refractivity (Wildman–Crippen MR) is 58.9 cm³/mol. The third-order valence-corrected chi connectivity index (χ3v) is 3.17. The van der Waals surface area contributed by atoms with Gasteiger partial charge in [-0.2, -0.15) is 0 Å². The van der Waals surface area contributed by atoms with Gasteiger partial charge in [0.25, 0.3) is 0 Å². The van der Waals surface area contributed by atoms with Crippen molar-refractivity contribution in [2.45, 2.75) is 58.5 Å². The molecule has 0 radical (unpaired) electrons. The third-order valence-electron chi connectivity index (χ3n) is 3.17. The zero-order chi connectivity index (χ0) is 9.84. The standard InChI is InChI=1S/C12H23N/c1-10(2)8-9-13-11(3)6-5-7-12(13)4/h11-12H,1,5-9H2,2-4H3/t11-,12+. The van der Waals surface area contributed by atoms with Gasteiger partial charge in [0, 0.05) is 18.6 Å². The number of piperidine rings is 1. The molecule has 1 aliphatic heterocycles. The maximum atomic E-state index is 3.96. The predicted octanol–water partition coefficient (Wildman–Crippen LogP) is 3.22. The Morgan fingerprint density at radius 1 is 1.31 bits per heavy atom. The van der Waals surface area contributed by atoms with Crippen molar-refractivity contribution in [2.24, 2.45) is 0 Å². The summed E-state index contributed by atoms with van der Waals surface area (Å²) in [5, 5.41) is 0. The van der Waals surface area contributed by atoms with Crippen LogP contribution in [0.2, 0.25) is 0 Å². The van der Waals surface area contributed by atoms with Crippen molar-refractivity contribution in [3.63, 3.8) is 0 Å². The summed E-state index contributed by atoms with van der Waals surface area (Å²) in [4.78, 5) is 2.64. The smallest absolute Gasteiger partial charge is 0.00698 e. The zero-order valence-corrected chi connectivity index (χ0v) is 9.34. The summed E-state index contributed by atoms with van der Waals surface area (Å²) >= 11 is 0. The lowest BCUT2D eigenvalue weighted by Gasteiger charge is -2.39. The molecule has 0 spiro atoms. The van der Waals surface area contributed by atoms with Crippen molar-refractivity contribution in [1.82, 2.24) is 4.90 Å². The summed E-state index contributed by atoms with van der Waals surface area (Å²) < 4.78 is 0. The first-order valence-electron chi connectivity index (χ1n) is 5.51. The molecule has 1 heteroatoms. The van der Waals surface area contributed by atoms with Gasteiger partial charge in [0.1, 0.15) is 0 Å². The van der Waals surface area contributed by atoms with Gasteiger partial charge < -0.3 is 0 Å². The fourth-order valence-electron chi connectivity index (χ4n) is 2.24. The Morgan fingerprint density at radius 2 is 1.85 bits per heavy atom. The SMILES string of the molecule is C=C(C)CCN1[C@H](C)CCC[C@@H]1C. The van der Waals surface area contributed by atoms with E-state index in [4.69, 9.17) is 0 Å². The van der Waals surface area contributed by atoms with Gasteiger partial charge in [-0.15, -0.1) is 6.58 Å². The highest BCUT2D eigenvalue weighted by Gasteiger charge is 2.23.